The van der Waals surface area contributed by atoms with Crippen LogP contribution in [0.4, 0.5) is 0 Å². The molecule has 0 heterocycles. The Hall–Kier alpha value is -1.64. The predicted octanol–water partition coefficient (Wildman–Crippen LogP) is 1.25. The molecule has 0 spiro atoms. The van der Waals surface area contributed by atoms with Gasteiger partial charge in [0.15, 0.2) is 0 Å². The average Bonchev–Trinajstić information content (AvgIpc) is 2.17. The molecule has 1 aromatic rings. The van der Waals surface area contributed by atoms with Crippen LogP contribution in [0.15, 0.2) is 30.3 Å². The summed E-state index contributed by atoms with van der Waals surface area (Å²) < 4.78 is 0. The summed E-state index contributed by atoms with van der Waals surface area (Å²) in [5.41, 5.74) is 0.414. The zero-order chi connectivity index (χ0) is 8.97. The summed E-state index contributed by atoms with van der Waals surface area (Å²) in [6.07, 6.45) is 0. The first-order chi connectivity index (χ1) is 5.75. The van der Waals surface area contributed by atoms with E-state index in [1.54, 1.807) is 30.3 Å². The van der Waals surface area contributed by atoms with Gasteiger partial charge in [-0.2, -0.15) is 0 Å². The van der Waals surface area contributed by atoms with Crippen molar-refractivity contribution in [2.24, 2.45) is 0 Å². The average molecular weight is 179 g/mol. The van der Waals surface area contributed by atoms with Crippen LogP contribution in [0.25, 0.3) is 0 Å². The van der Waals surface area contributed by atoms with Gasteiger partial charge in [0, 0.05) is 12.6 Å². The van der Waals surface area contributed by atoms with Gasteiger partial charge in [-0.3, -0.25) is 9.59 Å². The molecule has 0 saturated carbocycles. The van der Waals surface area contributed by atoms with Crippen LogP contribution >= 0.6 is 0 Å². The maximum Gasteiger partial charge on any atom is 0.292 e. The molecule has 13 heavy (non-hydrogen) atoms. The molecule has 1 amide bonds. The molecule has 0 aliphatic heterocycles. The second-order valence-electron chi connectivity index (χ2n) is 2.27. The highest BCUT2D eigenvalue weighted by Crippen LogP contribution is 1.98. The van der Waals surface area contributed by atoms with Gasteiger partial charge in [-0.15, -0.1) is 0 Å². The Morgan fingerprint density at radius 1 is 1.15 bits per heavy atom. The van der Waals surface area contributed by atoms with Crippen molar-refractivity contribution in [3.05, 3.63) is 35.9 Å². The zero-order valence-corrected chi connectivity index (χ0v) is 6.70. The van der Waals surface area contributed by atoms with E-state index in [9.17, 15) is 9.59 Å². The van der Waals surface area contributed by atoms with Gasteiger partial charge in [0.2, 0.25) is 5.78 Å². The molecule has 0 fully saturated rings. The third-order valence-corrected chi connectivity index (χ3v) is 1.47. The van der Waals surface area contributed by atoms with Crippen molar-refractivity contribution in [3.63, 3.8) is 0 Å². The van der Waals surface area contributed by atoms with Crippen molar-refractivity contribution >= 4 is 11.7 Å². The quantitative estimate of drug-likeness (QED) is 0.548. The van der Waals surface area contributed by atoms with Crippen LogP contribution in [-0.2, 0) is 4.79 Å². The summed E-state index contributed by atoms with van der Waals surface area (Å²) in [4.78, 5) is 22.0. The first-order valence-electron chi connectivity index (χ1n) is 3.57. The molecular weight excluding hydrogens is 166 g/mol. The number of amides is 1. The van der Waals surface area contributed by atoms with Crippen LogP contribution in [0.3, 0.4) is 0 Å². The van der Waals surface area contributed by atoms with E-state index >= 15 is 0 Å². The smallest absolute Gasteiger partial charge is 0.292 e. The van der Waals surface area contributed by atoms with E-state index in [2.05, 4.69) is 5.32 Å². The molecule has 3 heteroatoms. The molecule has 0 radical (unpaired) electrons. The Bertz CT molecular complexity index is 293. The van der Waals surface area contributed by atoms with E-state index in [4.69, 9.17) is 0 Å². The monoisotopic (exact) mass is 179 g/mol. The van der Waals surface area contributed by atoms with Crippen LogP contribution in [0.1, 0.15) is 17.8 Å². The number of benzene rings is 1. The van der Waals surface area contributed by atoms with Crippen LogP contribution < -0.4 is 5.32 Å². The molecule has 0 aliphatic carbocycles. The number of likely N-dealkylation sites (N-methyl/N-ethyl adjacent to an activating group) is 1. The lowest BCUT2D eigenvalue weighted by molar-refractivity contribution is -0.116. The van der Waals surface area contributed by atoms with Gasteiger partial charge < -0.3 is 5.32 Å². The molecule has 1 N–H and O–H groups in total. The van der Waals surface area contributed by atoms with Gasteiger partial charge in [-0.05, 0) is 0 Å². The number of hydrogen-bond acceptors (Lipinski definition) is 2. The third kappa shape index (κ3) is 2.71. The van der Waals surface area contributed by atoms with E-state index in [0.717, 1.165) is 0 Å². The third-order valence-electron chi connectivity index (χ3n) is 1.47. The molecule has 0 aliphatic rings. The van der Waals surface area contributed by atoms with Crippen LogP contribution in [0.5, 0.6) is 0 Å². The maximum atomic E-state index is 11.2. The minimum absolute atomic E-state index is 0. The van der Waals surface area contributed by atoms with Crippen LogP contribution in [0.2, 0.25) is 0 Å². The van der Waals surface area contributed by atoms with Crippen molar-refractivity contribution < 1.29 is 9.59 Å². The highest BCUT2D eigenvalue weighted by Gasteiger charge is 2.12. The van der Waals surface area contributed by atoms with Crippen molar-refractivity contribution in [2.45, 2.75) is 7.43 Å². The molecule has 1 aromatic carbocycles. The largest absolute Gasteiger partial charge is 0.352 e. The highest BCUT2D eigenvalue weighted by atomic mass is 16.2. The Kier molecular flexibility index (Phi) is 4.44. The summed E-state index contributed by atoms with van der Waals surface area (Å²) in [5, 5.41) is 2.27. The van der Waals surface area contributed by atoms with Gasteiger partial charge in [-0.1, -0.05) is 37.8 Å². The molecule has 0 aromatic heterocycles. The lowest BCUT2D eigenvalue weighted by Crippen LogP contribution is -2.27. The number of ketones is 1. The molecule has 0 unspecified atom stereocenters. The van der Waals surface area contributed by atoms with Gasteiger partial charge in [0.25, 0.3) is 5.91 Å². The normalized spacial score (nSPS) is 8.38. The van der Waals surface area contributed by atoms with E-state index < -0.39 is 11.7 Å². The molecular formula is C10H13NO2. The Morgan fingerprint density at radius 2 is 1.69 bits per heavy atom. The minimum atomic E-state index is -0.582. The first kappa shape index (κ1) is 11.4. The zero-order valence-electron chi connectivity index (χ0n) is 6.70. The first-order valence-corrected chi connectivity index (χ1v) is 3.57. The molecule has 0 bridgehead atoms. The Balaban J connectivity index is 0.00000144. The van der Waals surface area contributed by atoms with Gasteiger partial charge in [0.1, 0.15) is 0 Å². The molecule has 0 atom stereocenters. The standard InChI is InChI=1S/C9H9NO2.CH4/c1-10-9(12)8(11)7-5-3-2-4-6-7;/h2-6H,1H3,(H,10,12);1H4. The van der Waals surface area contributed by atoms with E-state index in [0.29, 0.717) is 5.56 Å². The second-order valence-corrected chi connectivity index (χ2v) is 2.27. The summed E-state index contributed by atoms with van der Waals surface area (Å²) >= 11 is 0. The summed E-state index contributed by atoms with van der Waals surface area (Å²) in [5.74, 6) is -1.08. The topological polar surface area (TPSA) is 46.2 Å². The van der Waals surface area contributed by atoms with Gasteiger partial charge >= 0.3 is 0 Å². The lowest BCUT2D eigenvalue weighted by Gasteiger charge is -1.97. The summed E-state index contributed by atoms with van der Waals surface area (Å²) in [6.45, 7) is 0. The van der Waals surface area contributed by atoms with Gasteiger partial charge in [-0.25, -0.2) is 0 Å². The van der Waals surface area contributed by atoms with E-state index in [1.165, 1.54) is 7.05 Å². The maximum absolute atomic E-state index is 11.2. The molecule has 3 nitrogen and oxygen atoms in total. The van der Waals surface area contributed by atoms with E-state index in [-0.39, 0.29) is 7.43 Å². The molecule has 0 saturated heterocycles. The second kappa shape index (κ2) is 5.09. The predicted molar refractivity (Wildman–Crippen MR) is 51.6 cm³/mol. The number of Topliss-reactive ketones (excluding diaryl/α,β-unsaturated/α-hetero) is 1. The highest BCUT2D eigenvalue weighted by molar-refractivity contribution is 6.42. The number of carbonyl (C=O) groups excluding carboxylic acids is 2. The lowest BCUT2D eigenvalue weighted by atomic mass is 10.1. The SMILES string of the molecule is C.CNC(=O)C(=O)c1ccccc1. The Morgan fingerprint density at radius 3 is 2.15 bits per heavy atom. The summed E-state index contributed by atoms with van der Waals surface area (Å²) in [6, 6.07) is 8.45. The fourth-order valence-corrected chi connectivity index (χ4v) is 0.834. The van der Waals surface area contributed by atoms with Crippen molar-refractivity contribution in [2.75, 3.05) is 7.05 Å². The number of nitrogens with one attached hydrogen (secondary N) is 1. The van der Waals surface area contributed by atoms with Crippen LogP contribution in [0, 0.1) is 0 Å². The van der Waals surface area contributed by atoms with E-state index in [1.807, 2.05) is 0 Å². The molecule has 70 valence electrons. The number of rotatable bonds is 2. The van der Waals surface area contributed by atoms with Crippen molar-refractivity contribution in [1.82, 2.24) is 5.32 Å². The Labute approximate surface area is 77.8 Å². The fourth-order valence-electron chi connectivity index (χ4n) is 0.834. The molecule has 1 rings (SSSR count). The number of carbonyl (C=O) groups is 2. The van der Waals surface area contributed by atoms with Crippen molar-refractivity contribution in [1.29, 1.82) is 0 Å². The minimum Gasteiger partial charge on any atom is -0.352 e. The summed E-state index contributed by atoms with van der Waals surface area (Å²) in [7, 11) is 1.43. The van der Waals surface area contributed by atoms with Crippen LogP contribution in [-0.4, -0.2) is 18.7 Å². The van der Waals surface area contributed by atoms with Gasteiger partial charge in [0.05, 0.1) is 0 Å². The number of hydrogen-bond donors (Lipinski definition) is 1. The fraction of sp³-hybridized carbons (Fsp3) is 0.200. The van der Waals surface area contributed by atoms with Crippen molar-refractivity contribution in [3.8, 4) is 0 Å².